The van der Waals surface area contributed by atoms with E-state index in [2.05, 4.69) is 18.2 Å². The number of nitriles is 1. The summed E-state index contributed by atoms with van der Waals surface area (Å²) in [4.78, 5) is 0. The third-order valence-corrected chi connectivity index (χ3v) is 3.95. The van der Waals surface area contributed by atoms with Crippen LogP contribution in [0.4, 0.5) is 0 Å². The van der Waals surface area contributed by atoms with E-state index in [-0.39, 0.29) is 0 Å². The van der Waals surface area contributed by atoms with Crippen LogP contribution in [0.15, 0.2) is 78.9 Å². The number of nitrogens with zero attached hydrogens (tertiary/aromatic N) is 1. The van der Waals surface area contributed by atoms with Crippen LogP contribution in [0.1, 0.15) is 22.3 Å². The fourth-order valence-corrected chi connectivity index (χ4v) is 2.64. The fourth-order valence-electron chi connectivity index (χ4n) is 2.64. The lowest BCUT2D eigenvalue weighted by molar-refractivity contribution is 0.303. The molecule has 0 aliphatic carbocycles. The fraction of sp³-hybridized carbons (Fsp3) is 0.136. The minimum atomic E-state index is 0.533. The molecule has 2 nitrogen and oxygen atoms in total. The Morgan fingerprint density at radius 3 is 2.08 bits per heavy atom. The molecule has 3 aromatic rings. The summed E-state index contributed by atoms with van der Waals surface area (Å²) in [6, 6.07) is 28.3. The Labute approximate surface area is 143 Å². The van der Waals surface area contributed by atoms with Gasteiger partial charge in [0, 0.05) is 0 Å². The first-order valence-corrected chi connectivity index (χ1v) is 8.09. The summed E-state index contributed by atoms with van der Waals surface area (Å²) in [7, 11) is 0. The summed E-state index contributed by atoms with van der Waals surface area (Å²) in [5.41, 5.74) is 4.17. The molecule has 0 aliphatic rings. The smallest absolute Gasteiger partial charge is 0.123 e. The van der Waals surface area contributed by atoms with Gasteiger partial charge in [0.2, 0.25) is 0 Å². The van der Waals surface area contributed by atoms with Gasteiger partial charge in [-0.15, -0.1) is 0 Å². The van der Waals surface area contributed by atoms with Gasteiger partial charge in [-0.05, 0) is 47.7 Å². The van der Waals surface area contributed by atoms with Crippen LogP contribution >= 0.6 is 0 Å². The number of benzene rings is 3. The maximum absolute atomic E-state index is 9.16. The summed E-state index contributed by atoms with van der Waals surface area (Å²) in [6.07, 6.45) is 1.78. The lowest BCUT2D eigenvalue weighted by Crippen LogP contribution is -2.00. The molecule has 0 aromatic heterocycles. The topological polar surface area (TPSA) is 33.0 Å². The van der Waals surface area contributed by atoms with Gasteiger partial charge < -0.3 is 4.74 Å². The van der Waals surface area contributed by atoms with Crippen molar-refractivity contribution in [2.24, 2.45) is 0 Å². The van der Waals surface area contributed by atoms with E-state index in [4.69, 9.17) is 10.00 Å². The van der Waals surface area contributed by atoms with E-state index in [1.165, 1.54) is 5.56 Å². The van der Waals surface area contributed by atoms with Gasteiger partial charge in [0.1, 0.15) is 12.4 Å². The lowest BCUT2D eigenvalue weighted by atomic mass is 10.0. The lowest BCUT2D eigenvalue weighted by Gasteiger charge is -2.12. The van der Waals surface area contributed by atoms with Crippen LogP contribution in [0.2, 0.25) is 0 Å². The molecule has 0 bridgehead atoms. The van der Waals surface area contributed by atoms with E-state index in [0.29, 0.717) is 12.2 Å². The van der Waals surface area contributed by atoms with Crippen molar-refractivity contribution in [1.82, 2.24) is 0 Å². The second kappa shape index (κ2) is 7.99. The molecule has 0 unspecified atom stereocenters. The zero-order valence-corrected chi connectivity index (χ0v) is 13.5. The Morgan fingerprint density at radius 1 is 0.750 bits per heavy atom. The molecule has 0 saturated heterocycles. The van der Waals surface area contributed by atoms with Crippen LogP contribution in [0, 0.1) is 11.3 Å². The van der Waals surface area contributed by atoms with Crippen molar-refractivity contribution in [3.8, 4) is 11.8 Å². The highest BCUT2D eigenvalue weighted by Gasteiger charge is 2.07. The quantitative estimate of drug-likeness (QED) is 0.647. The third kappa shape index (κ3) is 4.24. The maximum Gasteiger partial charge on any atom is 0.123 e. The second-order valence-corrected chi connectivity index (χ2v) is 5.69. The highest BCUT2D eigenvalue weighted by molar-refractivity contribution is 5.42. The average Bonchev–Trinajstić information content (AvgIpc) is 2.66. The van der Waals surface area contributed by atoms with Crippen molar-refractivity contribution in [1.29, 1.82) is 5.26 Å². The predicted molar refractivity (Wildman–Crippen MR) is 95.8 cm³/mol. The Bertz CT molecular complexity index is 820. The Balaban J connectivity index is 1.74. The highest BCUT2D eigenvalue weighted by atomic mass is 16.5. The number of hydrogen-bond acceptors (Lipinski definition) is 2. The van der Waals surface area contributed by atoms with Crippen molar-refractivity contribution in [2.45, 2.75) is 19.4 Å². The van der Waals surface area contributed by atoms with Gasteiger partial charge >= 0.3 is 0 Å². The molecule has 0 heterocycles. The Hall–Kier alpha value is -3.05. The van der Waals surface area contributed by atoms with Gasteiger partial charge in [-0.2, -0.15) is 5.26 Å². The SMILES string of the molecule is N#Cc1ccc(OCc2ccccc2)c(CCc2ccccc2)c1. The largest absolute Gasteiger partial charge is 0.489 e. The van der Waals surface area contributed by atoms with Crippen molar-refractivity contribution < 1.29 is 4.74 Å². The van der Waals surface area contributed by atoms with Gasteiger partial charge in [0.15, 0.2) is 0 Å². The van der Waals surface area contributed by atoms with Crippen LogP contribution in [0.5, 0.6) is 5.75 Å². The van der Waals surface area contributed by atoms with Gasteiger partial charge in [-0.25, -0.2) is 0 Å². The summed E-state index contributed by atoms with van der Waals surface area (Å²) in [5.74, 6) is 0.855. The number of ether oxygens (including phenoxy) is 1. The van der Waals surface area contributed by atoms with Crippen molar-refractivity contribution in [2.75, 3.05) is 0 Å². The van der Waals surface area contributed by atoms with E-state index in [1.807, 2.05) is 66.7 Å². The summed E-state index contributed by atoms with van der Waals surface area (Å²) < 4.78 is 6.00. The monoisotopic (exact) mass is 313 g/mol. The highest BCUT2D eigenvalue weighted by Crippen LogP contribution is 2.23. The number of rotatable bonds is 6. The Kier molecular flexibility index (Phi) is 5.27. The molecule has 0 fully saturated rings. The first kappa shape index (κ1) is 15.8. The molecular weight excluding hydrogens is 294 g/mol. The first-order chi connectivity index (χ1) is 11.8. The van der Waals surface area contributed by atoms with E-state index in [1.54, 1.807) is 0 Å². The normalized spacial score (nSPS) is 10.1. The van der Waals surface area contributed by atoms with Gasteiger partial charge in [-0.3, -0.25) is 0 Å². The summed E-state index contributed by atoms with van der Waals surface area (Å²) >= 11 is 0. The molecule has 2 heteroatoms. The second-order valence-electron chi connectivity index (χ2n) is 5.69. The third-order valence-electron chi connectivity index (χ3n) is 3.95. The van der Waals surface area contributed by atoms with Crippen LogP contribution in [-0.2, 0) is 19.4 Å². The minimum absolute atomic E-state index is 0.533. The number of hydrogen-bond donors (Lipinski definition) is 0. The molecule has 24 heavy (non-hydrogen) atoms. The minimum Gasteiger partial charge on any atom is -0.489 e. The van der Waals surface area contributed by atoms with Crippen molar-refractivity contribution >= 4 is 0 Å². The van der Waals surface area contributed by atoms with Crippen molar-refractivity contribution in [3.05, 3.63) is 101 Å². The van der Waals surface area contributed by atoms with E-state index < -0.39 is 0 Å². The predicted octanol–water partition coefficient (Wildman–Crippen LogP) is 4.92. The van der Waals surface area contributed by atoms with Crippen LogP contribution < -0.4 is 4.74 Å². The van der Waals surface area contributed by atoms with Gasteiger partial charge in [-0.1, -0.05) is 60.7 Å². The molecule has 0 aliphatic heterocycles. The van der Waals surface area contributed by atoms with Gasteiger partial charge in [0.05, 0.1) is 11.6 Å². The molecular formula is C22H19NO. The van der Waals surface area contributed by atoms with Gasteiger partial charge in [0.25, 0.3) is 0 Å². The zero-order chi connectivity index (χ0) is 16.6. The first-order valence-electron chi connectivity index (χ1n) is 8.09. The molecule has 3 rings (SSSR count). The van der Waals surface area contributed by atoms with E-state index in [9.17, 15) is 0 Å². The summed E-state index contributed by atoms with van der Waals surface area (Å²) in [6.45, 7) is 0.533. The van der Waals surface area contributed by atoms with Crippen LogP contribution in [-0.4, -0.2) is 0 Å². The van der Waals surface area contributed by atoms with Crippen molar-refractivity contribution in [3.63, 3.8) is 0 Å². The molecule has 0 atom stereocenters. The zero-order valence-electron chi connectivity index (χ0n) is 13.5. The average molecular weight is 313 g/mol. The van der Waals surface area contributed by atoms with E-state index in [0.717, 1.165) is 29.7 Å². The molecule has 3 aromatic carbocycles. The molecule has 0 radical (unpaired) electrons. The Morgan fingerprint density at radius 2 is 1.42 bits per heavy atom. The molecule has 0 amide bonds. The van der Waals surface area contributed by atoms with Crippen LogP contribution in [0.3, 0.4) is 0 Å². The maximum atomic E-state index is 9.16. The van der Waals surface area contributed by atoms with E-state index >= 15 is 0 Å². The molecule has 0 saturated carbocycles. The van der Waals surface area contributed by atoms with Crippen LogP contribution in [0.25, 0.3) is 0 Å². The standard InChI is InChI=1S/C22H19NO/c23-16-20-12-14-22(24-17-19-9-5-2-6-10-19)21(15-20)13-11-18-7-3-1-4-8-18/h1-10,12,14-15H,11,13,17H2. The molecule has 0 N–H and O–H groups in total. The molecule has 118 valence electrons. The molecule has 0 spiro atoms. The number of aryl methyl sites for hydroxylation is 2. The summed E-state index contributed by atoms with van der Waals surface area (Å²) in [5, 5.41) is 9.16.